The SMILES string of the molecule is COC(=O)c1cc(-c2cc(C(=O)OC)cc([N+](=O)[O-])c2)cc([N+](=O)[O-])c1. The highest BCUT2D eigenvalue weighted by Crippen LogP contribution is 2.30. The summed E-state index contributed by atoms with van der Waals surface area (Å²) in [4.78, 5) is 44.3. The second-order valence-electron chi connectivity index (χ2n) is 5.03. The molecule has 2 rings (SSSR count). The number of esters is 2. The molecule has 0 spiro atoms. The molecule has 0 aliphatic carbocycles. The topological polar surface area (TPSA) is 139 Å². The van der Waals surface area contributed by atoms with E-state index in [1.54, 1.807) is 0 Å². The van der Waals surface area contributed by atoms with Gasteiger partial charge in [-0.15, -0.1) is 0 Å². The highest BCUT2D eigenvalue weighted by Gasteiger charge is 2.20. The van der Waals surface area contributed by atoms with E-state index in [1.807, 2.05) is 0 Å². The Hall–Kier alpha value is -3.82. The van der Waals surface area contributed by atoms with Gasteiger partial charge in [0.05, 0.1) is 35.2 Å². The zero-order valence-corrected chi connectivity index (χ0v) is 13.6. The quantitative estimate of drug-likeness (QED) is 0.450. The number of nitro benzene ring substituents is 2. The predicted octanol–water partition coefficient (Wildman–Crippen LogP) is 2.74. The molecule has 0 fully saturated rings. The van der Waals surface area contributed by atoms with Gasteiger partial charge in [0.1, 0.15) is 0 Å². The van der Waals surface area contributed by atoms with Crippen LogP contribution in [-0.2, 0) is 9.47 Å². The Morgan fingerprint density at radius 2 is 1.08 bits per heavy atom. The zero-order valence-electron chi connectivity index (χ0n) is 13.6. The van der Waals surface area contributed by atoms with Gasteiger partial charge in [-0.05, 0) is 23.3 Å². The van der Waals surface area contributed by atoms with Crippen LogP contribution in [0.4, 0.5) is 11.4 Å². The van der Waals surface area contributed by atoms with Crippen molar-refractivity contribution in [2.75, 3.05) is 14.2 Å². The molecule has 0 saturated carbocycles. The summed E-state index contributed by atoms with van der Waals surface area (Å²) >= 11 is 0. The highest BCUT2D eigenvalue weighted by molar-refractivity contribution is 5.94. The first kappa shape index (κ1) is 18.5. The molecule has 0 heterocycles. The van der Waals surface area contributed by atoms with Crippen molar-refractivity contribution in [3.63, 3.8) is 0 Å². The van der Waals surface area contributed by atoms with Gasteiger partial charge in [-0.2, -0.15) is 0 Å². The lowest BCUT2D eigenvalue weighted by Gasteiger charge is -2.07. The van der Waals surface area contributed by atoms with Crippen LogP contribution < -0.4 is 0 Å². The molecule has 10 heteroatoms. The Morgan fingerprint density at radius 1 is 0.731 bits per heavy atom. The molecule has 0 aliphatic rings. The fourth-order valence-corrected chi connectivity index (χ4v) is 2.24. The third-order valence-electron chi connectivity index (χ3n) is 3.43. The average molecular weight is 360 g/mol. The number of nitro groups is 2. The van der Waals surface area contributed by atoms with Crippen LogP contribution in [0.3, 0.4) is 0 Å². The molecule has 0 unspecified atom stereocenters. The highest BCUT2D eigenvalue weighted by atomic mass is 16.6. The fourth-order valence-electron chi connectivity index (χ4n) is 2.24. The van der Waals surface area contributed by atoms with Crippen LogP contribution in [0.5, 0.6) is 0 Å². The molecule has 0 saturated heterocycles. The van der Waals surface area contributed by atoms with Crippen molar-refractivity contribution >= 4 is 23.3 Å². The number of nitrogens with zero attached hydrogens (tertiary/aromatic N) is 2. The van der Waals surface area contributed by atoms with E-state index in [-0.39, 0.29) is 22.3 Å². The molecule has 0 N–H and O–H groups in total. The maximum absolute atomic E-state index is 11.7. The summed E-state index contributed by atoms with van der Waals surface area (Å²) in [7, 11) is 2.23. The molecule has 134 valence electrons. The number of methoxy groups -OCH3 is 2. The normalized spacial score (nSPS) is 10.1. The zero-order chi connectivity index (χ0) is 19.4. The Labute approximate surface area is 146 Å². The number of non-ortho nitro benzene ring substituents is 2. The molecule has 10 nitrogen and oxygen atoms in total. The van der Waals surface area contributed by atoms with Crippen molar-refractivity contribution in [3.05, 3.63) is 67.8 Å². The van der Waals surface area contributed by atoms with E-state index in [2.05, 4.69) is 9.47 Å². The van der Waals surface area contributed by atoms with Gasteiger partial charge in [-0.1, -0.05) is 0 Å². The Bertz CT molecular complexity index is 847. The third kappa shape index (κ3) is 3.80. The van der Waals surface area contributed by atoms with Crippen molar-refractivity contribution in [1.29, 1.82) is 0 Å². The summed E-state index contributed by atoms with van der Waals surface area (Å²) in [6.07, 6.45) is 0. The predicted molar refractivity (Wildman–Crippen MR) is 87.9 cm³/mol. The molecular formula is C16H12N2O8. The lowest BCUT2D eigenvalue weighted by Crippen LogP contribution is -2.04. The van der Waals surface area contributed by atoms with Gasteiger partial charge in [-0.25, -0.2) is 9.59 Å². The van der Waals surface area contributed by atoms with Crippen LogP contribution in [-0.4, -0.2) is 36.0 Å². The van der Waals surface area contributed by atoms with E-state index in [0.717, 1.165) is 38.5 Å². The molecule has 0 atom stereocenters. The maximum Gasteiger partial charge on any atom is 0.338 e. The summed E-state index contributed by atoms with van der Waals surface area (Å²) in [6.45, 7) is 0. The summed E-state index contributed by atoms with van der Waals surface area (Å²) in [5.41, 5.74) is -0.768. The lowest BCUT2D eigenvalue weighted by molar-refractivity contribution is -0.385. The molecule has 0 aromatic heterocycles. The van der Waals surface area contributed by atoms with Crippen molar-refractivity contribution < 1.29 is 28.9 Å². The molecule has 0 bridgehead atoms. The van der Waals surface area contributed by atoms with E-state index >= 15 is 0 Å². The number of hydrogen-bond donors (Lipinski definition) is 0. The van der Waals surface area contributed by atoms with Crippen LogP contribution in [0.25, 0.3) is 11.1 Å². The second-order valence-corrected chi connectivity index (χ2v) is 5.03. The van der Waals surface area contributed by atoms with E-state index in [9.17, 15) is 29.8 Å². The molecule has 2 aromatic carbocycles. The fraction of sp³-hybridized carbons (Fsp3) is 0.125. The number of rotatable bonds is 5. The number of hydrogen-bond acceptors (Lipinski definition) is 8. The van der Waals surface area contributed by atoms with Gasteiger partial charge in [0.15, 0.2) is 0 Å². The minimum Gasteiger partial charge on any atom is -0.465 e. The molecule has 0 radical (unpaired) electrons. The standard InChI is InChI=1S/C16H12N2O8/c1-25-15(19)11-3-9(5-13(7-11)17(21)22)10-4-12(16(20)26-2)8-14(6-10)18(23)24/h3-8H,1-2H3. The maximum atomic E-state index is 11.7. The summed E-state index contributed by atoms with van der Waals surface area (Å²) in [5, 5.41) is 22.2. The van der Waals surface area contributed by atoms with Gasteiger partial charge in [-0.3, -0.25) is 20.2 Å². The van der Waals surface area contributed by atoms with E-state index in [0.29, 0.717) is 0 Å². The van der Waals surface area contributed by atoms with Gasteiger partial charge < -0.3 is 9.47 Å². The van der Waals surface area contributed by atoms with E-state index in [4.69, 9.17) is 0 Å². The smallest absolute Gasteiger partial charge is 0.338 e. The Kier molecular flexibility index (Phi) is 5.26. The van der Waals surface area contributed by atoms with Crippen LogP contribution in [0, 0.1) is 20.2 Å². The van der Waals surface area contributed by atoms with Gasteiger partial charge in [0.2, 0.25) is 0 Å². The molecular weight excluding hydrogens is 348 g/mol. The number of carbonyl (C=O) groups excluding carboxylic acids is 2. The third-order valence-corrected chi connectivity index (χ3v) is 3.43. The van der Waals surface area contributed by atoms with Crippen molar-refractivity contribution in [2.45, 2.75) is 0 Å². The Morgan fingerprint density at radius 3 is 1.35 bits per heavy atom. The van der Waals surface area contributed by atoms with Crippen molar-refractivity contribution in [3.8, 4) is 11.1 Å². The van der Waals surface area contributed by atoms with Gasteiger partial charge >= 0.3 is 11.9 Å². The number of ether oxygens (including phenoxy) is 2. The van der Waals surface area contributed by atoms with Crippen LogP contribution in [0.1, 0.15) is 20.7 Å². The number of carbonyl (C=O) groups is 2. The molecule has 0 aliphatic heterocycles. The minimum atomic E-state index is -0.812. The van der Waals surface area contributed by atoms with E-state index in [1.165, 1.54) is 12.1 Å². The van der Waals surface area contributed by atoms with Gasteiger partial charge in [0.25, 0.3) is 11.4 Å². The van der Waals surface area contributed by atoms with Crippen molar-refractivity contribution in [1.82, 2.24) is 0 Å². The largest absolute Gasteiger partial charge is 0.465 e. The Balaban J connectivity index is 2.73. The molecule has 0 amide bonds. The first-order valence-corrected chi connectivity index (χ1v) is 7.02. The summed E-state index contributed by atoms with van der Waals surface area (Å²) in [5.74, 6) is -1.62. The first-order valence-electron chi connectivity index (χ1n) is 7.02. The number of benzene rings is 2. The second kappa shape index (κ2) is 7.38. The molecule has 2 aromatic rings. The average Bonchev–Trinajstić information content (AvgIpc) is 2.65. The van der Waals surface area contributed by atoms with E-state index < -0.39 is 33.2 Å². The molecule has 26 heavy (non-hydrogen) atoms. The summed E-state index contributed by atoms with van der Waals surface area (Å²) < 4.78 is 9.12. The van der Waals surface area contributed by atoms with Crippen LogP contribution >= 0.6 is 0 Å². The van der Waals surface area contributed by atoms with Crippen LogP contribution in [0.2, 0.25) is 0 Å². The van der Waals surface area contributed by atoms with Crippen LogP contribution in [0.15, 0.2) is 36.4 Å². The minimum absolute atomic E-state index is 0.108. The summed E-state index contributed by atoms with van der Waals surface area (Å²) in [6, 6.07) is 6.86. The monoisotopic (exact) mass is 360 g/mol. The van der Waals surface area contributed by atoms with Crippen molar-refractivity contribution in [2.24, 2.45) is 0 Å². The van der Waals surface area contributed by atoms with Gasteiger partial charge in [0, 0.05) is 24.3 Å². The first-order chi connectivity index (χ1) is 12.3. The lowest BCUT2D eigenvalue weighted by atomic mass is 9.99.